The molecule has 0 unspecified atom stereocenters. The molecule has 1 amide bonds. The summed E-state index contributed by atoms with van der Waals surface area (Å²) in [6.45, 7) is 3.15. The van der Waals surface area contributed by atoms with Crippen molar-refractivity contribution in [2.75, 3.05) is 11.9 Å². The molecule has 0 saturated carbocycles. The van der Waals surface area contributed by atoms with Gasteiger partial charge in [0.2, 0.25) is 5.91 Å². The summed E-state index contributed by atoms with van der Waals surface area (Å²) in [7, 11) is 0. The minimum atomic E-state index is -0.988. The van der Waals surface area contributed by atoms with Crippen LogP contribution in [0, 0.1) is 0 Å². The number of nitrogens with zero attached hydrogens (tertiary/aromatic N) is 6. The van der Waals surface area contributed by atoms with Gasteiger partial charge in [-0.2, -0.15) is 9.78 Å². The zero-order valence-electron chi connectivity index (χ0n) is 20.0. The van der Waals surface area contributed by atoms with E-state index in [4.69, 9.17) is 16.7 Å². The molecule has 0 radical (unpaired) electrons. The van der Waals surface area contributed by atoms with E-state index >= 15 is 0 Å². The Kier molecular flexibility index (Phi) is 8.26. The highest BCUT2D eigenvalue weighted by Crippen LogP contribution is 2.20. The minimum absolute atomic E-state index is 0.202. The van der Waals surface area contributed by atoms with E-state index in [0.29, 0.717) is 29.2 Å². The number of hydrogen-bond acceptors (Lipinski definition) is 7. The van der Waals surface area contributed by atoms with Crippen LogP contribution in [-0.2, 0) is 17.8 Å². The van der Waals surface area contributed by atoms with E-state index < -0.39 is 5.97 Å². The Balaban J connectivity index is 1.47. The van der Waals surface area contributed by atoms with E-state index in [0.717, 1.165) is 17.9 Å². The van der Waals surface area contributed by atoms with Gasteiger partial charge < -0.3 is 15.7 Å². The fraction of sp³-hybridized carbons (Fsp3) is 0.200. The molecule has 0 aliphatic rings. The second kappa shape index (κ2) is 12.0. The SMILES string of the molecule is CCn1ccc(C[C@@H](CNc2ccc(C(=O)O)cc2)NC(=O)/C=C/c2cc(Cl)ccc2-n2cnnn2)n1. The van der Waals surface area contributed by atoms with E-state index in [1.54, 1.807) is 36.4 Å². The van der Waals surface area contributed by atoms with Crippen LogP contribution >= 0.6 is 11.6 Å². The number of halogens is 1. The molecule has 4 aromatic rings. The second-order valence-electron chi connectivity index (χ2n) is 8.13. The smallest absolute Gasteiger partial charge is 0.335 e. The lowest BCUT2D eigenvalue weighted by Crippen LogP contribution is -2.40. The van der Waals surface area contributed by atoms with Gasteiger partial charge in [-0.25, -0.2) is 4.79 Å². The predicted molar refractivity (Wildman–Crippen MR) is 139 cm³/mol. The Morgan fingerprint density at radius 1 is 1.16 bits per heavy atom. The average Bonchev–Trinajstić information content (AvgIpc) is 3.59. The maximum absolute atomic E-state index is 12.9. The monoisotopic (exact) mass is 520 g/mol. The van der Waals surface area contributed by atoms with Gasteiger partial charge in [0.05, 0.1) is 23.0 Å². The third-order valence-electron chi connectivity index (χ3n) is 5.51. The molecule has 2 aromatic carbocycles. The minimum Gasteiger partial charge on any atom is -0.478 e. The van der Waals surface area contributed by atoms with Gasteiger partial charge in [-0.05, 0) is 72.0 Å². The van der Waals surface area contributed by atoms with Gasteiger partial charge in [-0.15, -0.1) is 5.10 Å². The van der Waals surface area contributed by atoms with Gasteiger partial charge in [0.25, 0.3) is 0 Å². The molecule has 0 spiro atoms. The van der Waals surface area contributed by atoms with E-state index in [1.807, 2.05) is 23.9 Å². The lowest BCUT2D eigenvalue weighted by molar-refractivity contribution is -0.117. The standard InChI is InChI=1S/C25H25ClN8O3/c1-2-33-12-11-21(30-33)14-22(15-27-20-7-3-17(4-8-20)25(36)37)29-24(35)10-5-18-13-19(26)6-9-23(18)34-16-28-31-32-34/h3-13,16,22,27H,2,14-15H2,1H3,(H,29,35)(H,36,37)/b10-5+/t22-/m0/s1. The van der Waals surface area contributed by atoms with E-state index in [9.17, 15) is 9.59 Å². The lowest BCUT2D eigenvalue weighted by Gasteiger charge is -2.18. The van der Waals surface area contributed by atoms with Gasteiger partial charge in [-0.3, -0.25) is 9.48 Å². The van der Waals surface area contributed by atoms with Gasteiger partial charge in [0, 0.05) is 48.1 Å². The van der Waals surface area contributed by atoms with Crippen molar-refractivity contribution in [1.82, 2.24) is 35.3 Å². The number of anilines is 1. The van der Waals surface area contributed by atoms with E-state index in [1.165, 1.54) is 29.2 Å². The second-order valence-corrected chi connectivity index (χ2v) is 8.56. The molecule has 4 rings (SSSR count). The largest absolute Gasteiger partial charge is 0.478 e. The quantitative estimate of drug-likeness (QED) is 0.256. The predicted octanol–water partition coefficient (Wildman–Crippen LogP) is 3.08. The molecule has 0 bridgehead atoms. The topological polar surface area (TPSA) is 140 Å². The molecule has 11 nitrogen and oxygen atoms in total. The van der Waals surface area contributed by atoms with Crippen LogP contribution in [0.5, 0.6) is 0 Å². The van der Waals surface area contributed by atoms with Crippen LogP contribution in [0.2, 0.25) is 5.02 Å². The third kappa shape index (κ3) is 7.01. The number of carbonyl (C=O) groups excluding carboxylic acids is 1. The number of aryl methyl sites for hydroxylation is 1. The lowest BCUT2D eigenvalue weighted by atomic mass is 10.1. The number of carbonyl (C=O) groups is 2. The number of rotatable bonds is 11. The average molecular weight is 521 g/mol. The Labute approximate surface area is 217 Å². The molecule has 37 heavy (non-hydrogen) atoms. The molecule has 1 atom stereocenters. The van der Waals surface area contributed by atoms with Crippen molar-refractivity contribution in [2.24, 2.45) is 0 Å². The van der Waals surface area contributed by atoms with Gasteiger partial charge in [-0.1, -0.05) is 11.6 Å². The summed E-state index contributed by atoms with van der Waals surface area (Å²) >= 11 is 6.16. The molecule has 190 valence electrons. The summed E-state index contributed by atoms with van der Waals surface area (Å²) in [5.74, 6) is -1.29. The Hall–Kier alpha value is -4.51. The fourth-order valence-electron chi connectivity index (χ4n) is 3.64. The maximum atomic E-state index is 12.9. The van der Waals surface area contributed by atoms with Crippen molar-refractivity contribution in [3.05, 3.63) is 89.0 Å². The highest BCUT2D eigenvalue weighted by Gasteiger charge is 2.14. The number of benzene rings is 2. The third-order valence-corrected chi connectivity index (χ3v) is 5.74. The van der Waals surface area contributed by atoms with Crippen LogP contribution in [0.3, 0.4) is 0 Å². The molecular formula is C25H25ClN8O3. The fourth-order valence-corrected chi connectivity index (χ4v) is 3.82. The van der Waals surface area contributed by atoms with Gasteiger partial charge in [0.1, 0.15) is 6.33 Å². The Morgan fingerprint density at radius 3 is 2.65 bits per heavy atom. The summed E-state index contributed by atoms with van der Waals surface area (Å²) < 4.78 is 3.31. The van der Waals surface area contributed by atoms with Gasteiger partial charge >= 0.3 is 5.97 Å². The van der Waals surface area contributed by atoms with Crippen molar-refractivity contribution in [2.45, 2.75) is 25.9 Å². The number of carboxylic acid groups (broad SMARTS) is 1. The van der Waals surface area contributed by atoms with Crippen LogP contribution in [0.4, 0.5) is 5.69 Å². The number of aromatic nitrogens is 6. The molecule has 3 N–H and O–H groups in total. The van der Waals surface area contributed by atoms with Crippen LogP contribution < -0.4 is 10.6 Å². The van der Waals surface area contributed by atoms with Crippen molar-refractivity contribution in [3.8, 4) is 5.69 Å². The number of amides is 1. The number of aromatic carboxylic acids is 1. The van der Waals surface area contributed by atoms with Crippen LogP contribution in [-0.4, -0.2) is 59.6 Å². The zero-order valence-corrected chi connectivity index (χ0v) is 20.7. The molecule has 0 saturated heterocycles. The summed E-state index contributed by atoms with van der Waals surface area (Å²) in [6, 6.07) is 13.3. The maximum Gasteiger partial charge on any atom is 0.335 e. The highest BCUT2D eigenvalue weighted by atomic mass is 35.5. The molecule has 0 aliphatic carbocycles. The first-order valence-corrected chi connectivity index (χ1v) is 11.9. The molecule has 0 fully saturated rings. The first kappa shape index (κ1) is 25.6. The molecule has 12 heteroatoms. The van der Waals surface area contributed by atoms with Crippen molar-refractivity contribution < 1.29 is 14.7 Å². The molecule has 2 aromatic heterocycles. The van der Waals surface area contributed by atoms with Crippen molar-refractivity contribution in [3.63, 3.8) is 0 Å². The summed E-state index contributed by atoms with van der Waals surface area (Å²) in [4.78, 5) is 24.0. The molecule has 0 aliphatic heterocycles. The number of hydrogen-bond donors (Lipinski definition) is 3. The number of tetrazole rings is 1. The van der Waals surface area contributed by atoms with Crippen molar-refractivity contribution in [1.29, 1.82) is 0 Å². The Bertz CT molecular complexity index is 1380. The summed E-state index contributed by atoms with van der Waals surface area (Å²) in [5.41, 5.74) is 3.13. The van der Waals surface area contributed by atoms with Crippen molar-refractivity contribution >= 4 is 35.2 Å². The van der Waals surface area contributed by atoms with E-state index in [2.05, 4.69) is 31.3 Å². The summed E-state index contributed by atoms with van der Waals surface area (Å²) in [5, 5.41) is 31.6. The molecule has 2 heterocycles. The normalized spacial score (nSPS) is 11.9. The van der Waals surface area contributed by atoms with Crippen LogP contribution in [0.1, 0.15) is 28.5 Å². The van der Waals surface area contributed by atoms with E-state index in [-0.39, 0.29) is 17.5 Å². The summed E-state index contributed by atoms with van der Waals surface area (Å²) in [6.07, 6.45) is 6.93. The molecular weight excluding hydrogens is 496 g/mol. The Morgan fingerprint density at radius 2 is 1.97 bits per heavy atom. The first-order valence-electron chi connectivity index (χ1n) is 11.5. The zero-order chi connectivity index (χ0) is 26.2. The number of nitrogens with one attached hydrogen (secondary N) is 2. The van der Waals surface area contributed by atoms with Gasteiger partial charge in [0.15, 0.2) is 0 Å². The highest BCUT2D eigenvalue weighted by molar-refractivity contribution is 6.30. The van der Waals surface area contributed by atoms with Crippen LogP contribution in [0.25, 0.3) is 11.8 Å². The first-order chi connectivity index (χ1) is 17.9. The number of carboxylic acids is 1. The van der Waals surface area contributed by atoms with Crippen LogP contribution in [0.15, 0.2) is 67.1 Å².